The second-order valence-electron chi connectivity index (χ2n) is 6.56. The van der Waals surface area contributed by atoms with E-state index in [-0.39, 0.29) is 34.9 Å². The summed E-state index contributed by atoms with van der Waals surface area (Å²) in [4.78, 5) is 36.7. The predicted octanol–water partition coefficient (Wildman–Crippen LogP) is 2.60. The zero-order valence-electron chi connectivity index (χ0n) is 15.1. The van der Waals surface area contributed by atoms with E-state index in [2.05, 4.69) is 10.6 Å². The van der Waals surface area contributed by atoms with Gasteiger partial charge in [-0.05, 0) is 37.1 Å². The molecule has 1 aliphatic heterocycles. The van der Waals surface area contributed by atoms with Crippen LogP contribution in [-0.2, 0) is 0 Å². The van der Waals surface area contributed by atoms with Gasteiger partial charge in [-0.3, -0.25) is 14.9 Å². The Bertz CT molecular complexity index is 879. The SMILES string of the molecule is Nc1ccc(C(=O)N2CCC(NC(=O)Nc3ccccc3)CC2)cc1[N+](=O)[O-]. The molecule has 4 N–H and O–H groups in total. The maximum atomic E-state index is 12.6. The molecule has 0 atom stereocenters. The first kappa shape index (κ1) is 19.2. The Morgan fingerprint density at radius 1 is 1.11 bits per heavy atom. The molecule has 0 radical (unpaired) electrons. The maximum Gasteiger partial charge on any atom is 0.319 e. The summed E-state index contributed by atoms with van der Waals surface area (Å²) in [7, 11) is 0. The number of nitrogens with one attached hydrogen (secondary N) is 2. The summed E-state index contributed by atoms with van der Waals surface area (Å²) in [6.07, 6.45) is 1.20. The van der Waals surface area contributed by atoms with Crippen molar-refractivity contribution in [3.05, 3.63) is 64.2 Å². The number of nitro groups is 1. The van der Waals surface area contributed by atoms with Crippen LogP contribution in [0.5, 0.6) is 0 Å². The number of nitrogens with zero attached hydrogens (tertiary/aromatic N) is 2. The number of para-hydroxylation sites is 1. The highest BCUT2D eigenvalue weighted by Gasteiger charge is 2.26. The number of nitrogens with two attached hydrogens (primary N) is 1. The quantitative estimate of drug-likeness (QED) is 0.424. The van der Waals surface area contributed by atoms with Crippen molar-refractivity contribution >= 4 is 29.0 Å². The van der Waals surface area contributed by atoms with Gasteiger partial charge in [0, 0.05) is 36.4 Å². The van der Waals surface area contributed by atoms with Crippen LogP contribution in [0.25, 0.3) is 0 Å². The van der Waals surface area contributed by atoms with E-state index in [0.29, 0.717) is 31.6 Å². The molecule has 0 unspecified atom stereocenters. The number of rotatable bonds is 4. The molecule has 0 spiro atoms. The number of amides is 3. The van der Waals surface area contributed by atoms with Crippen LogP contribution in [0.1, 0.15) is 23.2 Å². The lowest BCUT2D eigenvalue weighted by Crippen LogP contribution is -2.47. The summed E-state index contributed by atoms with van der Waals surface area (Å²) in [5.41, 5.74) is 6.26. The normalized spacial score (nSPS) is 14.4. The molecule has 146 valence electrons. The number of piperidine rings is 1. The highest BCUT2D eigenvalue weighted by atomic mass is 16.6. The van der Waals surface area contributed by atoms with Crippen LogP contribution in [0, 0.1) is 10.1 Å². The molecule has 3 rings (SSSR count). The zero-order chi connectivity index (χ0) is 20.1. The molecular formula is C19H21N5O4. The van der Waals surface area contributed by atoms with Crippen molar-refractivity contribution in [3.63, 3.8) is 0 Å². The van der Waals surface area contributed by atoms with Crippen LogP contribution >= 0.6 is 0 Å². The van der Waals surface area contributed by atoms with Crippen molar-refractivity contribution in [2.24, 2.45) is 0 Å². The number of anilines is 2. The second kappa shape index (κ2) is 8.38. The Morgan fingerprint density at radius 3 is 2.43 bits per heavy atom. The second-order valence-corrected chi connectivity index (χ2v) is 6.56. The molecule has 2 aromatic carbocycles. The van der Waals surface area contributed by atoms with Crippen molar-refractivity contribution in [3.8, 4) is 0 Å². The molecule has 0 aliphatic carbocycles. The summed E-state index contributed by atoms with van der Waals surface area (Å²) in [6, 6.07) is 12.9. The van der Waals surface area contributed by atoms with Crippen molar-refractivity contribution < 1.29 is 14.5 Å². The summed E-state index contributed by atoms with van der Waals surface area (Å²) in [5.74, 6) is -0.282. The number of benzene rings is 2. The largest absolute Gasteiger partial charge is 0.393 e. The van der Waals surface area contributed by atoms with Gasteiger partial charge in [0.2, 0.25) is 0 Å². The van der Waals surface area contributed by atoms with Crippen LogP contribution in [0.2, 0.25) is 0 Å². The van der Waals surface area contributed by atoms with Gasteiger partial charge in [0.15, 0.2) is 0 Å². The fourth-order valence-electron chi connectivity index (χ4n) is 3.12. The number of nitro benzene ring substituents is 1. The summed E-state index contributed by atoms with van der Waals surface area (Å²) in [6.45, 7) is 0.903. The van der Waals surface area contributed by atoms with E-state index >= 15 is 0 Å². The average Bonchev–Trinajstić information content (AvgIpc) is 2.69. The van der Waals surface area contributed by atoms with Gasteiger partial charge < -0.3 is 21.3 Å². The number of urea groups is 1. The third kappa shape index (κ3) is 4.56. The Labute approximate surface area is 161 Å². The van der Waals surface area contributed by atoms with E-state index in [9.17, 15) is 19.7 Å². The Balaban J connectivity index is 1.53. The first-order chi connectivity index (χ1) is 13.4. The molecule has 1 fully saturated rings. The predicted molar refractivity (Wildman–Crippen MR) is 105 cm³/mol. The Hall–Kier alpha value is -3.62. The van der Waals surface area contributed by atoms with Gasteiger partial charge in [-0.1, -0.05) is 18.2 Å². The molecule has 9 nitrogen and oxygen atoms in total. The molecule has 0 aromatic heterocycles. The van der Waals surface area contributed by atoms with E-state index < -0.39 is 4.92 Å². The summed E-state index contributed by atoms with van der Waals surface area (Å²) < 4.78 is 0. The van der Waals surface area contributed by atoms with Crippen molar-refractivity contribution in [1.29, 1.82) is 0 Å². The minimum absolute atomic E-state index is 0.0221. The Morgan fingerprint density at radius 2 is 1.79 bits per heavy atom. The lowest BCUT2D eigenvalue weighted by molar-refractivity contribution is -0.383. The lowest BCUT2D eigenvalue weighted by Gasteiger charge is -2.32. The van der Waals surface area contributed by atoms with Crippen LogP contribution in [0.15, 0.2) is 48.5 Å². The first-order valence-corrected chi connectivity index (χ1v) is 8.90. The first-order valence-electron chi connectivity index (χ1n) is 8.90. The molecule has 0 bridgehead atoms. The fraction of sp³-hybridized carbons (Fsp3) is 0.263. The van der Waals surface area contributed by atoms with E-state index in [1.54, 1.807) is 17.0 Å². The van der Waals surface area contributed by atoms with Crippen molar-refractivity contribution in [1.82, 2.24) is 10.2 Å². The Kier molecular flexibility index (Phi) is 5.73. The lowest BCUT2D eigenvalue weighted by atomic mass is 10.0. The highest BCUT2D eigenvalue weighted by molar-refractivity contribution is 5.95. The maximum absolute atomic E-state index is 12.6. The fourth-order valence-corrected chi connectivity index (χ4v) is 3.12. The highest BCUT2D eigenvalue weighted by Crippen LogP contribution is 2.24. The number of carbonyl (C=O) groups excluding carboxylic acids is 2. The van der Waals surface area contributed by atoms with Gasteiger partial charge in [0.25, 0.3) is 11.6 Å². The van der Waals surface area contributed by atoms with Gasteiger partial charge in [-0.15, -0.1) is 0 Å². The van der Waals surface area contributed by atoms with E-state index in [1.165, 1.54) is 18.2 Å². The van der Waals surface area contributed by atoms with E-state index in [4.69, 9.17) is 5.73 Å². The molecule has 0 saturated carbocycles. The van der Waals surface area contributed by atoms with Crippen molar-refractivity contribution in [2.75, 3.05) is 24.1 Å². The molecule has 9 heteroatoms. The average molecular weight is 383 g/mol. The molecule has 3 amide bonds. The van der Waals surface area contributed by atoms with Gasteiger partial charge in [0.05, 0.1) is 4.92 Å². The van der Waals surface area contributed by atoms with Crippen LogP contribution in [0.4, 0.5) is 21.9 Å². The van der Waals surface area contributed by atoms with Gasteiger partial charge >= 0.3 is 6.03 Å². The topological polar surface area (TPSA) is 131 Å². The number of nitrogen functional groups attached to an aromatic ring is 1. The molecule has 28 heavy (non-hydrogen) atoms. The third-order valence-corrected chi connectivity index (χ3v) is 4.62. The molecule has 1 saturated heterocycles. The third-order valence-electron chi connectivity index (χ3n) is 4.62. The van der Waals surface area contributed by atoms with Crippen molar-refractivity contribution in [2.45, 2.75) is 18.9 Å². The molecule has 1 heterocycles. The molecule has 1 aliphatic rings. The minimum Gasteiger partial charge on any atom is -0.393 e. The monoisotopic (exact) mass is 383 g/mol. The molecule has 2 aromatic rings. The van der Waals surface area contributed by atoms with Gasteiger partial charge in [-0.2, -0.15) is 0 Å². The van der Waals surface area contributed by atoms with E-state index in [0.717, 1.165) is 0 Å². The number of likely N-dealkylation sites (tertiary alicyclic amines) is 1. The summed E-state index contributed by atoms with van der Waals surface area (Å²) in [5, 5.41) is 16.7. The smallest absolute Gasteiger partial charge is 0.319 e. The summed E-state index contributed by atoms with van der Waals surface area (Å²) >= 11 is 0. The molecular weight excluding hydrogens is 362 g/mol. The van der Waals surface area contributed by atoms with Crippen LogP contribution < -0.4 is 16.4 Å². The van der Waals surface area contributed by atoms with Crippen LogP contribution in [0.3, 0.4) is 0 Å². The van der Waals surface area contributed by atoms with Gasteiger partial charge in [-0.25, -0.2) is 4.79 Å². The number of carbonyl (C=O) groups is 2. The van der Waals surface area contributed by atoms with Gasteiger partial charge in [0.1, 0.15) is 5.69 Å². The minimum atomic E-state index is -0.604. The van der Waals surface area contributed by atoms with Crippen LogP contribution in [-0.4, -0.2) is 40.9 Å². The zero-order valence-corrected chi connectivity index (χ0v) is 15.1. The standard InChI is InChI=1S/C19H21N5O4/c20-16-7-6-13(12-17(16)24(27)28)18(25)23-10-8-15(9-11-23)22-19(26)21-14-4-2-1-3-5-14/h1-7,12,15H,8-11,20H2,(H2,21,22,26). The van der Waals surface area contributed by atoms with E-state index in [1.807, 2.05) is 18.2 Å². The number of hydrogen-bond donors (Lipinski definition) is 3. The number of hydrogen-bond acceptors (Lipinski definition) is 5.